The van der Waals surface area contributed by atoms with Crippen LogP contribution < -0.4 is 0 Å². The van der Waals surface area contributed by atoms with Crippen LogP contribution in [0.3, 0.4) is 0 Å². The number of hydrogen-bond donors (Lipinski definition) is 0. The van der Waals surface area contributed by atoms with Crippen molar-refractivity contribution in [3.8, 4) is 10.7 Å². The molecule has 3 heterocycles. The number of aromatic nitrogens is 2. The Morgan fingerprint density at radius 2 is 2.25 bits per heavy atom. The molecule has 5 heteroatoms. The third-order valence-corrected chi connectivity index (χ3v) is 5.14. The van der Waals surface area contributed by atoms with E-state index in [-0.39, 0.29) is 6.10 Å². The van der Waals surface area contributed by atoms with Crippen LogP contribution >= 0.6 is 22.7 Å². The third-order valence-electron chi connectivity index (χ3n) is 3.18. The van der Waals surface area contributed by atoms with E-state index in [1.54, 1.807) is 29.8 Å². The minimum Gasteiger partial charge on any atom is -0.374 e. The van der Waals surface area contributed by atoms with Crippen LogP contribution in [0.2, 0.25) is 0 Å². The summed E-state index contributed by atoms with van der Waals surface area (Å²) in [6.45, 7) is 2.90. The molecule has 0 aliphatic rings. The third kappa shape index (κ3) is 2.70. The van der Waals surface area contributed by atoms with E-state index in [9.17, 15) is 0 Å². The van der Waals surface area contributed by atoms with Gasteiger partial charge >= 0.3 is 0 Å². The number of imidazole rings is 1. The summed E-state index contributed by atoms with van der Waals surface area (Å²) in [6, 6.07) is 8.44. The first-order valence-corrected chi connectivity index (χ1v) is 8.11. The Balaban J connectivity index is 1.86. The summed E-state index contributed by atoms with van der Waals surface area (Å²) < 4.78 is 7.80. The Labute approximate surface area is 126 Å². The fourth-order valence-corrected chi connectivity index (χ4v) is 3.84. The average Bonchev–Trinajstić information content (AvgIpc) is 3.16. The molecular formula is C15H16N2OS2. The van der Waals surface area contributed by atoms with Gasteiger partial charge in [-0.25, -0.2) is 4.98 Å². The minimum absolute atomic E-state index is 0.0732. The first kappa shape index (κ1) is 13.5. The second kappa shape index (κ2) is 5.91. The van der Waals surface area contributed by atoms with Crippen molar-refractivity contribution in [3.05, 3.63) is 51.8 Å². The van der Waals surface area contributed by atoms with Gasteiger partial charge in [0, 0.05) is 29.3 Å². The molecule has 0 radical (unpaired) electrons. The van der Waals surface area contributed by atoms with E-state index in [2.05, 4.69) is 46.1 Å². The zero-order valence-corrected chi connectivity index (χ0v) is 13.1. The predicted octanol–water partition coefficient (Wildman–Crippen LogP) is 4.37. The lowest BCUT2D eigenvalue weighted by Gasteiger charge is -2.15. The van der Waals surface area contributed by atoms with Crippen LogP contribution in [0.15, 0.2) is 42.0 Å². The van der Waals surface area contributed by atoms with Gasteiger partial charge in [-0.3, -0.25) is 0 Å². The Hall–Kier alpha value is -1.43. The van der Waals surface area contributed by atoms with Crippen molar-refractivity contribution < 1.29 is 4.74 Å². The van der Waals surface area contributed by atoms with E-state index in [1.165, 1.54) is 14.6 Å². The molecule has 3 aromatic heterocycles. The highest BCUT2D eigenvalue weighted by Gasteiger charge is 2.15. The molecule has 20 heavy (non-hydrogen) atoms. The van der Waals surface area contributed by atoms with Crippen LogP contribution in [0.25, 0.3) is 10.7 Å². The fourth-order valence-electron chi connectivity index (χ4n) is 2.17. The number of thiophene rings is 2. The maximum atomic E-state index is 5.63. The number of aryl methyl sites for hydroxylation is 1. The van der Waals surface area contributed by atoms with Crippen LogP contribution in [-0.2, 0) is 11.3 Å². The summed E-state index contributed by atoms with van der Waals surface area (Å²) in [5.74, 6) is 1.02. The molecule has 0 aliphatic carbocycles. The Morgan fingerprint density at radius 3 is 2.90 bits per heavy atom. The predicted molar refractivity (Wildman–Crippen MR) is 84.3 cm³/mol. The smallest absolute Gasteiger partial charge is 0.150 e. The van der Waals surface area contributed by atoms with E-state index in [4.69, 9.17) is 4.74 Å². The summed E-state index contributed by atoms with van der Waals surface area (Å²) in [6.07, 6.45) is 3.94. The van der Waals surface area contributed by atoms with Crippen molar-refractivity contribution >= 4 is 22.7 Å². The highest BCUT2D eigenvalue weighted by atomic mass is 32.1. The maximum absolute atomic E-state index is 5.63. The van der Waals surface area contributed by atoms with Gasteiger partial charge in [-0.05, 0) is 30.5 Å². The van der Waals surface area contributed by atoms with E-state index in [0.29, 0.717) is 0 Å². The first-order chi connectivity index (χ1) is 9.78. The number of nitrogens with zero attached hydrogens (tertiary/aromatic N) is 2. The molecule has 0 N–H and O–H groups in total. The molecular weight excluding hydrogens is 288 g/mol. The standard InChI is InChI=1S/C15H16N2OS2/c1-11-5-6-14(20-11)15-16-7-8-17(15)10-12(18-2)13-4-3-9-19-13/h3-9,12H,10H2,1-2H3/t12-/m0/s1. The summed E-state index contributed by atoms with van der Waals surface area (Å²) >= 11 is 3.50. The van der Waals surface area contributed by atoms with Gasteiger partial charge in [-0.1, -0.05) is 6.07 Å². The highest BCUT2D eigenvalue weighted by Crippen LogP contribution is 2.29. The number of rotatable bonds is 5. The van der Waals surface area contributed by atoms with Crippen molar-refractivity contribution in [1.29, 1.82) is 0 Å². The minimum atomic E-state index is 0.0732. The summed E-state index contributed by atoms with van der Waals surface area (Å²) in [7, 11) is 1.76. The van der Waals surface area contributed by atoms with Crippen LogP contribution in [0, 0.1) is 6.92 Å². The highest BCUT2D eigenvalue weighted by molar-refractivity contribution is 7.15. The topological polar surface area (TPSA) is 27.1 Å². The quantitative estimate of drug-likeness (QED) is 0.700. The second-order valence-corrected chi connectivity index (χ2v) is 6.82. The van der Waals surface area contributed by atoms with Crippen LogP contribution in [0.5, 0.6) is 0 Å². The van der Waals surface area contributed by atoms with E-state index in [1.807, 2.05) is 12.4 Å². The molecule has 3 rings (SSSR count). The van der Waals surface area contributed by atoms with Gasteiger partial charge in [-0.15, -0.1) is 22.7 Å². The monoisotopic (exact) mass is 304 g/mol. The fraction of sp³-hybridized carbons (Fsp3) is 0.267. The van der Waals surface area contributed by atoms with Crippen molar-refractivity contribution in [1.82, 2.24) is 9.55 Å². The molecule has 0 bridgehead atoms. The van der Waals surface area contributed by atoms with Gasteiger partial charge in [-0.2, -0.15) is 0 Å². The van der Waals surface area contributed by atoms with Crippen LogP contribution in [0.4, 0.5) is 0 Å². The molecule has 1 atom stereocenters. The molecule has 3 aromatic rings. The lowest BCUT2D eigenvalue weighted by Crippen LogP contribution is -2.10. The van der Waals surface area contributed by atoms with Gasteiger partial charge in [0.05, 0.1) is 11.4 Å². The lowest BCUT2D eigenvalue weighted by molar-refractivity contribution is 0.0912. The number of methoxy groups -OCH3 is 1. The lowest BCUT2D eigenvalue weighted by atomic mass is 10.3. The van der Waals surface area contributed by atoms with Gasteiger partial charge in [0.15, 0.2) is 0 Å². The first-order valence-electron chi connectivity index (χ1n) is 6.42. The molecule has 0 unspecified atom stereocenters. The molecule has 0 saturated carbocycles. The second-order valence-electron chi connectivity index (χ2n) is 4.55. The van der Waals surface area contributed by atoms with Gasteiger partial charge in [0.25, 0.3) is 0 Å². The van der Waals surface area contributed by atoms with E-state index in [0.717, 1.165) is 12.4 Å². The van der Waals surface area contributed by atoms with Crippen LogP contribution in [-0.4, -0.2) is 16.7 Å². The maximum Gasteiger partial charge on any atom is 0.150 e. The molecule has 0 spiro atoms. The van der Waals surface area contributed by atoms with Gasteiger partial charge in [0.2, 0.25) is 0 Å². The SMILES string of the molecule is CO[C@@H](Cn1ccnc1-c1ccc(C)s1)c1cccs1. The number of ether oxygens (including phenoxy) is 1. The van der Waals surface area contributed by atoms with Gasteiger partial charge < -0.3 is 9.30 Å². The molecule has 0 fully saturated rings. The zero-order valence-electron chi connectivity index (χ0n) is 11.4. The Kier molecular flexibility index (Phi) is 4.00. The van der Waals surface area contributed by atoms with Crippen molar-refractivity contribution in [2.24, 2.45) is 0 Å². The molecule has 3 nitrogen and oxygen atoms in total. The van der Waals surface area contributed by atoms with Crippen molar-refractivity contribution in [2.45, 2.75) is 19.6 Å². The van der Waals surface area contributed by atoms with Gasteiger partial charge in [0.1, 0.15) is 11.9 Å². The largest absolute Gasteiger partial charge is 0.374 e. The molecule has 0 aromatic carbocycles. The molecule has 0 saturated heterocycles. The van der Waals surface area contributed by atoms with Crippen molar-refractivity contribution in [3.63, 3.8) is 0 Å². The Morgan fingerprint density at radius 1 is 1.35 bits per heavy atom. The molecule has 0 aliphatic heterocycles. The summed E-state index contributed by atoms with van der Waals surface area (Å²) in [5, 5.41) is 2.08. The molecule has 104 valence electrons. The number of hydrogen-bond acceptors (Lipinski definition) is 4. The van der Waals surface area contributed by atoms with Crippen LogP contribution in [0.1, 0.15) is 15.9 Å². The summed E-state index contributed by atoms with van der Waals surface area (Å²) in [4.78, 5) is 8.24. The Bertz CT molecular complexity index is 670. The normalized spacial score (nSPS) is 12.7. The van der Waals surface area contributed by atoms with E-state index >= 15 is 0 Å². The zero-order chi connectivity index (χ0) is 13.9. The summed E-state index contributed by atoms with van der Waals surface area (Å²) in [5.41, 5.74) is 0. The van der Waals surface area contributed by atoms with Crippen molar-refractivity contribution in [2.75, 3.05) is 7.11 Å². The van der Waals surface area contributed by atoms with E-state index < -0.39 is 0 Å². The average molecular weight is 304 g/mol. The molecule has 0 amide bonds.